The Hall–Kier alpha value is -3.70. The smallest absolute Gasteiger partial charge is 0.408 e. The van der Waals surface area contributed by atoms with Crippen molar-refractivity contribution in [3.8, 4) is 11.3 Å². The number of rotatable bonds is 6. The van der Waals surface area contributed by atoms with Gasteiger partial charge in [0.15, 0.2) is 5.82 Å². The minimum Gasteiger partial charge on any atom is -0.442 e. The highest BCUT2D eigenvalue weighted by atomic mass is 19.3. The van der Waals surface area contributed by atoms with Crippen LogP contribution in [0.25, 0.3) is 11.3 Å². The van der Waals surface area contributed by atoms with E-state index < -0.39 is 24.0 Å². The lowest BCUT2D eigenvalue weighted by atomic mass is 10.1. The molecule has 32 heavy (non-hydrogen) atoms. The first kappa shape index (κ1) is 20.2. The van der Waals surface area contributed by atoms with Crippen LogP contribution in [-0.4, -0.2) is 42.7 Å². The molecule has 1 saturated carbocycles. The molecular formula is C20H18F3N7O2. The SMILES string of the molecule is Cc1cc(Nc2ncc(F)c(C(F)F)n2)cc(-c2cn(C[C@H]3OC(=O)NC34CC4)nn2)c1. The number of alkyl carbamates (subject to hydrolysis) is 1. The molecule has 1 atom stereocenters. The standard InChI is InChI=1S/C20H18F3N7O2/c1-10-4-11(6-12(5-10)25-18-24-7-13(21)16(26-18)17(22)23)14-8-30(29-28-14)9-15-20(2-3-20)27-19(31)32-15/h4-8,15,17H,2-3,9H2,1H3,(H,27,31)(H,24,25,26)/t15-/m1/s1. The summed E-state index contributed by atoms with van der Waals surface area (Å²) in [5.74, 6) is -1.31. The van der Waals surface area contributed by atoms with Gasteiger partial charge in [-0.3, -0.25) is 0 Å². The molecule has 3 heterocycles. The monoisotopic (exact) mass is 445 g/mol. The van der Waals surface area contributed by atoms with Crippen molar-refractivity contribution in [2.45, 2.75) is 44.4 Å². The van der Waals surface area contributed by atoms with Gasteiger partial charge in [-0.05, 0) is 43.5 Å². The first-order valence-electron chi connectivity index (χ1n) is 9.90. The zero-order valence-corrected chi connectivity index (χ0v) is 16.8. The van der Waals surface area contributed by atoms with Crippen molar-refractivity contribution in [2.75, 3.05) is 5.32 Å². The number of nitrogens with one attached hydrogen (secondary N) is 2. The number of aryl methyl sites for hydroxylation is 1. The van der Waals surface area contributed by atoms with Crippen LogP contribution in [0.4, 0.5) is 29.6 Å². The summed E-state index contributed by atoms with van der Waals surface area (Å²) in [6.45, 7) is 2.23. The fraction of sp³-hybridized carbons (Fsp3) is 0.350. The Kier molecular flexibility index (Phi) is 4.72. The summed E-state index contributed by atoms with van der Waals surface area (Å²) < 4.78 is 46.2. The van der Waals surface area contributed by atoms with Gasteiger partial charge in [-0.2, -0.15) is 0 Å². The number of amides is 1. The maximum atomic E-state index is 13.4. The molecule has 2 fully saturated rings. The van der Waals surface area contributed by atoms with E-state index in [-0.39, 0.29) is 17.6 Å². The van der Waals surface area contributed by atoms with Crippen molar-refractivity contribution in [1.82, 2.24) is 30.3 Å². The van der Waals surface area contributed by atoms with Crippen LogP contribution < -0.4 is 10.6 Å². The number of alkyl halides is 2. The number of ether oxygens (including phenoxy) is 1. The number of carbonyl (C=O) groups excluding carboxylic acids is 1. The van der Waals surface area contributed by atoms with Crippen LogP contribution in [0.3, 0.4) is 0 Å². The van der Waals surface area contributed by atoms with E-state index in [2.05, 4.69) is 30.9 Å². The maximum Gasteiger partial charge on any atom is 0.408 e. The Balaban J connectivity index is 1.35. The summed E-state index contributed by atoms with van der Waals surface area (Å²) in [5.41, 5.74) is 1.42. The average molecular weight is 445 g/mol. The van der Waals surface area contributed by atoms with Crippen molar-refractivity contribution in [2.24, 2.45) is 0 Å². The highest BCUT2D eigenvalue weighted by molar-refractivity contribution is 5.72. The summed E-state index contributed by atoms with van der Waals surface area (Å²) in [4.78, 5) is 18.9. The Morgan fingerprint density at radius 1 is 1.34 bits per heavy atom. The lowest BCUT2D eigenvalue weighted by Gasteiger charge is -2.14. The van der Waals surface area contributed by atoms with Crippen LogP contribution >= 0.6 is 0 Å². The number of hydrogen-bond donors (Lipinski definition) is 2. The predicted octanol–water partition coefficient (Wildman–Crippen LogP) is 3.50. The molecule has 0 radical (unpaired) electrons. The molecule has 1 saturated heterocycles. The molecule has 12 heteroatoms. The van der Waals surface area contributed by atoms with Gasteiger partial charge in [0.1, 0.15) is 17.5 Å². The summed E-state index contributed by atoms with van der Waals surface area (Å²) in [7, 11) is 0. The van der Waals surface area contributed by atoms with Crippen molar-refractivity contribution >= 4 is 17.7 Å². The van der Waals surface area contributed by atoms with Gasteiger partial charge in [0.2, 0.25) is 5.95 Å². The molecule has 1 aromatic carbocycles. The van der Waals surface area contributed by atoms with E-state index in [0.29, 0.717) is 24.1 Å². The largest absolute Gasteiger partial charge is 0.442 e. The third kappa shape index (κ3) is 3.83. The Bertz CT molecular complexity index is 1200. The molecule has 1 aliphatic carbocycles. The number of anilines is 2. The number of hydrogen-bond acceptors (Lipinski definition) is 7. The van der Waals surface area contributed by atoms with Gasteiger partial charge in [0, 0.05) is 11.3 Å². The summed E-state index contributed by atoms with van der Waals surface area (Å²) in [6.07, 6.45) is 0.415. The second-order valence-corrected chi connectivity index (χ2v) is 7.94. The van der Waals surface area contributed by atoms with Gasteiger partial charge >= 0.3 is 6.09 Å². The highest BCUT2D eigenvalue weighted by Crippen LogP contribution is 2.44. The molecule has 166 valence electrons. The van der Waals surface area contributed by atoms with Gasteiger partial charge in [-0.25, -0.2) is 32.6 Å². The number of cyclic esters (lactones) is 1. The maximum absolute atomic E-state index is 13.4. The minimum absolute atomic E-state index is 0.146. The number of benzene rings is 1. The fourth-order valence-corrected chi connectivity index (χ4v) is 3.76. The van der Waals surface area contributed by atoms with Crippen molar-refractivity contribution in [1.29, 1.82) is 0 Å². The van der Waals surface area contributed by atoms with Crippen molar-refractivity contribution in [3.63, 3.8) is 0 Å². The quantitative estimate of drug-likeness (QED) is 0.598. The lowest BCUT2D eigenvalue weighted by Crippen LogP contribution is -2.36. The number of halogens is 3. The number of nitrogens with zero attached hydrogens (tertiary/aromatic N) is 5. The number of carbonyl (C=O) groups is 1. The van der Waals surface area contributed by atoms with Crippen LogP contribution in [0.1, 0.15) is 30.5 Å². The van der Waals surface area contributed by atoms with Crippen LogP contribution in [0, 0.1) is 12.7 Å². The second kappa shape index (κ2) is 7.46. The summed E-state index contributed by atoms with van der Waals surface area (Å²) in [6, 6.07) is 5.38. The highest BCUT2D eigenvalue weighted by Gasteiger charge is 2.57. The fourth-order valence-electron chi connectivity index (χ4n) is 3.76. The second-order valence-electron chi connectivity index (χ2n) is 7.94. The van der Waals surface area contributed by atoms with Crippen molar-refractivity contribution < 1.29 is 22.7 Å². The Labute approximate surface area is 180 Å². The number of aromatic nitrogens is 5. The average Bonchev–Trinajstić information content (AvgIpc) is 3.23. The molecule has 0 bridgehead atoms. The first-order valence-corrected chi connectivity index (χ1v) is 9.90. The summed E-state index contributed by atoms with van der Waals surface area (Å²) >= 11 is 0. The van der Waals surface area contributed by atoms with Gasteiger partial charge < -0.3 is 15.4 Å². The lowest BCUT2D eigenvalue weighted by molar-refractivity contribution is 0.113. The molecule has 9 nitrogen and oxygen atoms in total. The zero-order valence-electron chi connectivity index (χ0n) is 16.8. The van der Waals surface area contributed by atoms with Crippen LogP contribution in [0.2, 0.25) is 0 Å². The molecule has 1 spiro atoms. The topological polar surface area (TPSA) is 107 Å². The van der Waals surface area contributed by atoms with Crippen molar-refractivity contribution in [3.05, 3.63) is 47.7 Å². The third-order valence-corrected chi connectivity index (χ3v) is 5.50. The van der Waals surface area contributed by atoms with Gasteiger partial charge in [-0.1, -0.05) is 5.21 Å². The first-order chi connectivity index (χ1) is 15.3. The predicted molar refractivity (Wildman–Crippen MR) is 106 cm³/mol. The summed E-state index contributed by atoms with van der Waals surface area (Å²) in [5, 5.41) is 14.0. The third-order valence-electron chi connectivity index (χ3n) is 5.50. The van der Waals surface area contributed by atoms with E-state index in [4.69, 9.17) is 4.74 Å². The molecular weight excluding hydrogens is 427 g/mol. The molecule has 3 aromatic rings. The minimum atomic E-state index is -3.05. The van der Waals surface area contributed by atoms with E-state index in [1.165, 1.54) is 0 Å². The van der Waals surface area contributed by atoms with Crippen LogP contribution in [0.5, 0.6) is 0 Å². The normalized spacial score (nSPS) is 18.7. The molecule has 5 rings (SSSR count). The molecule has 2 N–H and O–H groups in total. The van der Waals surface area contributed by atoms with Gasteiger partial charge in [-0.15, -0.1) is 5.10 Å². The Morgan fingerprint density at radius 3 is 2.91 bits per heavy atom. The molecule has 1 aliphatic heterocycles. The Morgan fingerprint density at radius 2 is 2.16 bits per heavy atom. The van der Waals surface area contributed by atoms with Crippen LogP contribution in [0.15, 0.2) is 30.6 Å². The van der Waals surface area contributed by atoms with E-state index in [1.807, 2.05) is 13.0 Å². The van der Waals surface area contributed by atoms with E-state index >= 15 is 0 Å². The van der Waals surface area contributed by atoms with Crippen LogP contribution in [-0.2, 0) is 11.3 Å². The molecule has 1 amide bonds. The van der Waals surface area contributed by atoms with E-state index in [9.17, 15) is 18.0 Å². The molecule has 2 aromatic heterocycles. The van der Waals surface area contributed by atoms with Gasteiger partial charge in [0.05, 0.1) is 24.5 Å². The van der Waals surface area contributed by atoms with E-state index in [0.717, 1.165) is 24.0 Å². The zero-order chi connectivity index (χ0) is 22.5. The van der Waals surface area contributed by atoms with Gasteiger partial charge in [0.25, 0.3) is 6.43 Å². The van der Waals surface area contributed by atoms with E-state index in [1.54, 1.807) is 23.0 Å². The molecule has 0 unspecified atom stereocenters. The molecule has 2 aliphatic rings.